The van der Waals surface area contributed by atoms with Gasteiger partial charge >= 0.3 is 24.3 Å². The van der Waals surface area contributed by atoms with Crippen LogP contribution in [-0.2, 0) is 23.8 Å². The fraction of sp³-hybridized carbons (Fsp3) is 0.704. The average molecular weight is 559 g/mol. The van der Waals surface area contributed by atoms with Gasteiger partial charge in [0.25, 0.3) is 6.10 Å². The van der Waals surface area contributed by atoms with Crippen molar-refractivity contribution in [2.75, 3.05) is 13.2 Å². The van der Waals surface area contributed by atoms with E-state index in [1.165, 1.54) is 13.8 Å². The summed E-state index contributed by atoms with van der Waals surface area (Å²) in [5, 5.41) is 0. The molecule has 1 heterocycles. The van der Waals surface area contributed by atoms with Crippen molar-refractivity contribution in [1.82, 2.24) is 0 Å². The molecule has 0 N–H and O–H groups in total. The molecule has 1 saturated heterocycles. The number of alkyl halides is 6. The Labute approximate surface area is 221 Å². The molecule has 0 aliphatic carbocycles. The van der Waals surface area contributed by atoms with Crippen molar-refractivity contribution in [3.05, 3.63) is 35.9 Å². The fourth-order valence-electron chi connectivity index (χ4n) is 3.63. The van der Waals surface area contributed by atoms with E-state index in [0.717, 1.165) is 5.56 Å². The van der Waals surface area contributed by atoms with Crippen molar-refractivity contribution in [3.63, 3.8) is 0 Å². The van der Waals surface area contributed by atoms with Crippen LogP contribution in [0.2, 0.25) is 0 Å². The van der Waals surface area contributed by atoms with Crippen LogP contribution in [0.5, 0.6) is 0 Å². The number of esters is 2. The highest BCUT2D eigenvalue weighted by atomic mass is 19.4. The van der Waals surface area contributed by atoms with Crippen LogP contribution in [0.15, 0.2) is 30.3 Å². The van der Waals surface area contributed by atoms with Crippen LogP contribution in [0.1, 0.15) is 79.2 Å². The summed E-state index contributed by atoms with van der Waals surface area (Å²) in [6.07, 6.45) is -16.2. The van der Waals surface area contributed by atoms with Gasteiger partial charge < -0.3 is 14.2 Å². The molecule has 1 fully saturated rings. The minimum atomic E-state index is -5.83. The van der Waals surface area contributed by atoms with Crippen molar-refractivity contribution in [2.45, 2.75) is 98.2 Å². The van der Waals surface area contributed by atoms with Crippen LogP contribution in [0.4, 0.5) is 26.3 Å². The van der Waals surface area contributed by atoms with Crippen LogP contribution in [0.3, 0.4) is 0 Å². The smallest absolute Gasteiger partial charge is 0.434 e. The lowest BCUT2D eigenvalue weighted by atomic mass is 9.77. The molecule has 38 heavy (non-hydrogen) atoms. The summed E-state index contributed by atoms with van der Waals surface area (Å²) in [7, 11) is 0. The van der Waals surface area contributed by atoms with Gasteiger partial charge in [0.2, 0.25) is 0 Å². The van der Waals surface area contributed by atoms with Crippen LogP contribution in [0, 0.1) is 11.3 Å². The van der Waals surface area contributed by atoms with Crippen molar-refractivity contribution >= 4 is 11.9 Å². The number of ether oxygens (including phenoxy) is 3. The Hall–Kier alpha value is -2.30. The number of hydrogen-bond acceptors (Lipinski definition) is 5. The van der Waals surface area contributed by atoms with E-state index in [4.69, 9.17) is 9.47 Å². The van der Waals surface area contributed by atoms with Gasteiger partial charge in [-0.3, -0.25) is 9.59 Å². The highest BCUT2D eigenvalue weighted by Gasteiger charge is 2.60. The zero-order valence-corrected chi connectivity index (χ0v) is 23.0. The van der Waals surface area contributed by atoms with E-state index in [1.807, 2.05) is 27.7 Å². The summed E-state index contributed by atoms with van der Waals surface area (Å²) in [5.74, 6) is -4.19. The molecule has 0 amide bonds. The summed E-state index contributed by atoms with van der Waals surface area (Å²) in [5.41, 5.74) is -0.614. The molecular weight excluding hydrogens is 518 g/mol. The molecule has 0 radical (unpaired) electrons. The maximum Gasteiger partial charge on any atom is 0.434 e. The molecule has 0 aromatic heterocycles. The number of benzene rings is 1. The number of rotatable bonds is 11. The lowest BCUT2D eigenvalue weighted by Crippen LogP contribution is -2.47. The third kappa shape index (κ3) is 12.0. The maximum atomic E-state index is 13.0. The third-order valence-corrected chi connectivity index (χ3v) is 5.61. The first-order valence-corrected chi connectivity index (χ1v) is 12.8. The van der Waals surface area contributed by atoms with E-state index in [1.54, 1.807) is 37.3 Å². The lowest BCUT2D eigenvalue weighted by molar-refractivity contribution is -0.314. The van der Waals surface area contributed by atoms with Crippen molar-refractivity contribution < 1.29 is 50.1 Å². The summed E-state index contributed by atoms with van der Waals surface area (Å²) in [6, 6.07) is 8.72. The van der Waals surface area contributed by atoms with E-state index >= 15 is 0 Å². The SMILES string of the molecule is CC.CC.CCC(CC(CC(C)(C)C(=O)OCC1CO1)C(=O)OC(C(F)(F)F)C(F)(F)F)c1ccccc1. The Bertz CT molecular complexity index is 805. The maximum absolute atomic E-state index is 13.0. The molecule has 0 bridgehead atoms. The third-order valence-electron chi connectivity index (χ3n) is 5.61. The molecule has 220 valence electrons. The quantitative estimate of drug-likeness (QED) is 0.159. The average Bonchev–Trinajstić information content (AvgIpc) is 3.69. The van der Waals surface area contributed by atoms with E-state index in [9.17, 15) is 35.9 Å². The second-order valence-corrected chi connectivity index (χ2v) is 8.99. The van der Waals surface area contributed by atoms with Gasteiger partial charge in [0.1, 0.15) is 12.7 Å². The van der Waals surface area contributed by atoms with Crippen LogP contribution >= 0.6 is 0 Å². The highest BCUT2D eigenvalue weighted by molar-refractivity contribution is 5.78. The molecule has 3 unspecified atom stereocenters. The number of carbonyl (C=O) groups excluding carboxylic acids is 2. The predicted molar refractivity (Wildman–Crippen MR) is 131 cm³/mol. The Kier molecular flexibility index (Phi) is 15.0. The predicted octanol–water partition coefficient (Wildman–Crippen LogP) is 7.63. The molecule has 0 spiro atoms. The molecular formula is C27H40F6O5. The minimum absolute atomic E-state index is 0.0246. The zero-order valence-electron chi connectivity index (χ0n) is 23.0. The summed E-state index contributed by atoms with van der Waals surface area (Å²) < 4.78 is 92.1. The molecule has 1 aliphatic rings. The first-order chi connectivity index (χ1) is 17.6. The lowest BCUT2D eigenvalue weighted by Gasteiger charge is -2.31. The van der Waals surface area contributed by atoms with Gasteiger partial charge in [-0.1, -0.05) is 65.0 Å². The Balaban J connectivity index is 0.00000326. The molecule has 11 heteroatoms. The highest BCUT2D eigenvalue weighted by Crippen LogP contribution is 2.39. The molecule has 5 nitrogen and oxygen atoms in total. The second-order valence-electron chi connectivity index (χ2n) is 8.99. The van der Waals surface area contributed by atoms with Crippen LogP contribution in [-0.4, -0.2) is 49.7 Å². The fourth-order valence-corrected chi connectivity index (χ4v) is 3.63. The molecule has 0 saturated carbocycles. The number of hydrogen-bond donors (Lipinski definition) is 0. The Morgan fingerprint density at radius 3 is 1.89 bits per heavy atom. The van der Waals surface area contributed by atoms with Gasteiger partial charge in [-0.15, -0.1) is 0 Å². The number of carbonyl (C=O) groups is 2. The van der Waals surface area contributed by atoms with E-state index < -0.39 is 41.7 Å². The van der Waals surface area contributed by atoms with Gasteiger partial charge in [-0.2, -0.15) is 26.3 Å². The van der Waals surface area contributed by atoms with Gasteiger partial charge in [0.15, 0.2) is 0 Å². The monoisotopic (exact) mass is 558 g/mol. The molecule has 3 atom stereocenters. The molecule has 2 rings (SSSR count). The van der Waals surface area contributed by atoms with Crippen LogP contribution in [0.25, 0.3) is 0 Å². The summed E-state index contributed by atoms with van der Waals surface area (Å²) in [4.78, 5) is 25.2. The van der Waals surface area contributed by atoms with E-state index in [2.05, 4.69) is 4.74 Å². The molecule has 1 aromatic rings. The van der Waals surface area contributed by atoms with Gasteiger partial charge in [0.05, 0.1) is 17.9 Å². The first kappa shape index (κ1) is 35.7. The van der Waals surface area contributed by atoms with E-state index in [-0.39, 0.29) is 31.5 Å². The minimum Gasteiger partial charge on any atom is -0.462 e. The Morgan fingerprint density at radius 1 is 0.974 bits per heavy atom. The summed E-state index contributed by atoms with van der Waals surface area (Å²) in [6.45, 7) is 13.0. The van der Waals surface area contributed by atoms with Gasteiger partial charge in [-0.05, 0) is 44.6 Å². The van der Waals surface area contributed by atoms with Crippen molar-refractivity contribution in [3.8, 4) is 0 Å². The zero-order chi connectivity index (χ0) is 29.7. The van der Waals surface area contributed by atoms with Gasteiger partial charge in [0, 0.05) is 0 Å². The molecule has 1 aromatic carbocycles. The normalized spacial score (nSPS) is 16.7. The first-order valence-electron chi connectivity index (χ1n) is 12.8. The topological polar surface area (TPSA) is 65.1 Å². The van der Waals surface area contributed by atoms with Gasteiger partial charge in [-0.25, -0.2) is 0 Å². The molecule has 1 aliphatic heterocycles. The van der Waals surface area contributed by atoms with E-state index in [0.29, 0.717) is 13.0 Å². The largest absolute Gasteiger partial charge is 0.462 e. The van der Waals surface area contributed by atoms with Crippen molar-refractivity contribution in [2.24, 2.45) is 11.3 Å². The van der Waals surface area contributed by atoms with Crippen molar-refractivity contribution in [1.29, 1.82) is 0 Å². The Morgan fingerprint density at radius 2 is 1.47 bits per heavy atom. The second kappa shape index (κ2) is 16.0. The number of epoxide rings is 1. The number of halogens is 6. The summed E-state index contributed by atoms with van der Waals surface area (Å²) >= 11 is 0. The van der Waals surface area contributed by atoms with Crippen LogP contribution < -0.4 is 0 Å². The standard InChI is InChI=1S/C23H28F6O5.2C2H6/c1-4-14(15-8-6-5-7-9-15)10-16(11-21(2,3)20(31)33-13-17-12-32-17)18(30)34-19(22(24,25)26)23(27,28)29;2*1-2/h5-9,14,16-17,19H,4,10-13H2,1-3H3;2*1-2H3.